The van der Waals surface area contributed by atoms with Crippen LogP contribution in [0.1, 0.15) is 37.4 Å². The van der Waals surface area contributed by atoms with Crippen LogP contribution in [0.2, 0.25) is 0 Å². The Morgan fingerprint density at radius 2 is 2.10 bits per heavy atom. The Labute approximate surface area is 226 Å². The van der Waals surface area contributed by atoms with Crippen molar-refractivity contribution in [1.29, 1.82) is 0 Å². The number of hydrogen-bond donors (Lipinski definition) is 2. The highest BCUT2D eigenvalue weighted by Gasteiger charge is 2.35. The number of allylic oxidation sites excluding steroid dienone is 2. The molecule has 1 aliphatic carbocycles. The third-order valence-corrected chi connectivity index (χ3v) is 7.62. The van der Waals surface area contributed by atoms with Crippen molar-refractivity contribution in [2.24, 2.45) is 5.92 Å². The van der Waals surface area contributed by atoms with E-state index in [1.807, 2.05) is 37.8 Å². The summed E-state index contributed by atoms with van der Waals surface area (Å²) in [5.41, 5.74) is 1.94. The van der Waals surface area contributed by atoms with E-state index in [-0.39, 0.29) is 36.2 Å². The molecule has 2 N–H and O–H groups in total. The number of fused-ring (bicyclic) bond motifs is 1. The van der Waals surface area contributed by atoms with Crippen LogP contribution in [-0.4, -0.2) is 46.0 Å². The summed E-state index contributed by atoms with van der Waals surface area (Å²) in [6.45, 7) is 3.09. The first-order valence-corrected chi connectivity index (χ1v) is 13.1. The molecule has 13 heteroatoms. The van der Waals surface area contributed by atoms with Crippen molar-refractivity contribution in [3.63, 3.8) is 0 Å². The van der Waals surface area contributed by atoms with Gasteiger partial charge in [0.1, 0.15) is 5.69 Å². The van der Waals surface area contributed by atoms with Crippen molar-refractivity contribution < 1.29 is 27.5 Å². The van der Waals surface area contributed by atoms with E-state index >= 15 is 0 Å². The normalized spacial score (nSPS) is 20.6. The maximum Gasteiger partial charge on any atom is 0.388 e. The number of nitrogens with one attached hydrogen (secondary N) is 2. The molecule has 2 aliphatic rings. The number of rotatable bonds is 7. The Kier molecular flexibility index (Phi) is 7.42. The Balaban J connectivity index is 1.26. The van der Waals surface area contributed by atoms with Gasteiger partial charge >= 0.3 is 12.6 Å². The van der Waals surface area contributed by atoms with Crippen molar-refractivity contribution in [3.8, 4) is 17.3 Å². The second-order valence-corrected chi connectivity index (χ2v) is 10.3. The van der Waals surface area contributed by atoms with Crippen molar-refractivity contribution in [2.45, 2.75) is 45.9 Å². The van der Waals surface area contributed by atoms with Gasteiger partial charge in [0.05, 0.1) is 22.8 Å². The minimum Gasteiger partial charge on any atom is -0.422 e. The monoisotopic (exact) mass is 556 g/mol. The standard InChI is InChI=1S/C26H26F2N6O4S/c1-13-7-8-16(10-19(13)35)11-29-24(36)33-25-32-18-9-14(2)34(15(3)22(18)39-25)26-30-12-20(37-26)17-5-4-6-21(31-17)38-23(27)28/h4-8,10,12-15,23H,9,11H2,1-3H3,(H2,29,32,33,36)/t13?,14-,15+/m1/s1. The highest BCUT2D eigenvalue weighted by molar-refractivity contribution is 7.16. The lowest BCUT2D eigenvalue weighted by molar-refractivity contribution is -0.116. The fourth-order valence-corrected chi connectivity index (χ4v) is 5.54. The minimum absolute atomic E-state index is 0.0127. The first-order chi connectivity index (χ1) is 18.7. The van der Waals surface area contributed by atoms with Crippen LogP contribution in [0.5, 0.6) is 5.88 Å². The molecule has 1 aliphatic heterocycles. The molecule has 3 aromatic heterocycles. The molecule has 0 fully saturated rings. The van der Waals surface area contributed by atoms with Gasteiger partial charge in [0.15, 0.2) is 16.7 Å². The van der Waals surface area contributed by atoms with Crippen LogP contribution in [0.4, 0.5) is 24.7 Å². The molecule has 0 bridgehead atoms. The van der Waals surface area contributed by atoms with E-state index in [2.05, 4.69) is 30.3 Å². The van der Waals surface area contributed by atoms with E-state index in [0.717, 1.165) is 16.1 Å². The minimum atomic E-state index is -2.98. The highest BCUT2D eigenvalue weighted by Crippen LogP contribution is 2.41. The van der Waals surface area contributed by atoms with Crippen LogP contribution < -0.4 is 20.3 Å². The molecule has 0 radical (unpaired) electrons. The zero-order valence-electron chi connectivity index (χ0n) is 21.4. The van der Waals surface area contributed by atoms with E-state index in [9.17, 15) is 18.4 Å². The van der Waals surface area contributed by atoms with Crippen molar-refractivity contribution >= 4 is 34.3 Å². The van der Waals surface area contributed by atoms with Crippen LogP contribution in [0.25, 0.3) is 11.5 Å². The number of alkyl halides is 2. The Morgan fingerprint density at radius 3 is 2.87 bits per heavy atom. The fraction of sp³-hybridized carbons (Fsp3) is 0.346. The number of oxazole rings is 1. The number of thiazole rings is 1. The summed E-state index contributed by atoms with van der Waals surface area (Å²) in [5.74, 6) is -0.0314. The van der Waals surface area contributed by atoms with Gasteiger partial charge in [-0.2, -0.15) is 8.78 Å². The maximum absolute atomic E-state index is 12.6. The van der Waals surface area contributed by atoms with Gasteiger partial charge in [-0.05, 0) is 31.6 Å². The number of carbonyl (C=O) groups is 2. The first-order valence-electron chi connectivity index (χ1n) is 12.3. The predicted octanol–water partition coefficient (Wildman–Crippen LogP) is 5.13. The molecule has 3 aromatic rings. The summed E-state index contributed by atoms with van der Waals surface area (Å²) in [4.78, 5) is 40.4. The summed E-state index contributed by atoms with van der Waals surface area (Å²) < 4.78 is 35.5. The van der Waals surface area contributed by atoms with Gasteiger partial charge in [0.25, 0.3) is 6.01 Å². The molecule has 4 heterocycles. The number of aromatic nitrogens is 3. The summed E-state index contributed by atoms with van der Waals surface area (Å²) in [6, 6.07) is 4.27. The van der Waals surface area contributed by atoms with E-state index in [0.29, 0.717) is 29.0 Å². The number of amides is 2. The maximum atomic E-state index is 12.6. The van der Waals surface area contributed by atoms with Crippen molar-refractivity contribution in [1.82, 2.24) is 20.3 Å². The van der Waals surface area contributed by atoms with Crippen molar-refractivity contribution in [2.75, 3.05) is 16.8 Å². The molecular formula is C26H26F2N6O4S. The average Bonchev–Trinajstić information content (AvgIpc) is 3.52. The second-order valence-electron chi connectivity index (χ2n) is 9.29. The largest absolute Gasteiger partial charge is 0.422 e. The summed E-state index contributed by atoms with van der Waals surface area (Å²) >= 11 is 1.37. The van der Waals surface area contributed by atoms with Gasteiger partial charge in [0.2, 0.25) is 5.88 Å². The average molecular weight is 557 g/mol. The number of ketones is 1. The van der Waals surface area contributed by atoms with Gasteiger partial charge < -0.3 is 19.4 Å². The second kappa shape index (κ2) is 10.9. The predicted molar refractivity (Wildman–Crippen MR) is 141 cm³/mol. The molecule has 3 atom stereocenters. The lowest BCUT2D eigenvalue weighted by atomic mass is 9.97. The third kappa shape index (κ3) is 5.82. The number of urea groups is 1. The van der Waals surface area contributed by atoms with E-state index in [4.69, 9.17) is 4.42 Å². The summed E-state index contributed by atoms with van der Waals surface area (Å²) in [7, 11) is 0. The van der Waals surface area contributed by atoms with E-state index < -0.39 is 12.6 Å². The molecule has 204 valence electrons. The number of carbonyl (C=O) groups excluding carboxylic acids is 2. The molecule has 10 nitrogen and oxygen atoms in total. The number of hydrogen-bond acceptors (Lipinski definition) is 9. The Morgan fingerprint density at radius 1 is 1.28 bits per heavy atom. The third-order valence-electron chi connectivity index (χ3n) is 6.44. The number of nitrogens with zero attached hydrogens (tertiary/aromatic N) is 4. The fourth-order valence-electron chi connectivity index (χ4n) is 4.50. The SMILES string of the molecule is CC1C=CC(CNC(=O)Nc2nc3c(s2)[C@H](C)N(c2ncc(-c4cccc(OC(F)F)n4)o2)[C@H](C)C3)=CC1=O. The Bertz CT molecular complexity index is 1450. The number of pyridine rings is 1. The van der Waals surface area contributed by atoms with Gasteiger partial charge in [-0.25, -0.2) is 19.7 Å². The van der Waals surface area contributed by atoms with Crippen molar-refractivity contribution in [3.05, 3.63) is 58.8 Å². The molecule has 5 rings (SSSR count). The first kappa shape index (κ1) is 26.5. The topological polar surface area (TPSA) is 122 Å². The molecule has 0 spiro atoms. The van der Waals surface area contributed by atoms with Crippen LogP contribution >= 0.6 is 11.3 Å². The van der Waals surface area contributed by atoms with Gasteiger partial charge in [-0.15, -0.1) is 0 Å². The lowest BCUT2D eigenvalue weighted by Gasteiger charge is -2.36. The summed E-state index contributed by atoms with van der Waals surface area (Å²) in [5, 5.41) is 6.00. The lowest BCUT2D eigenvalue weighted by Crippen LogP contribution is -2.40. The van der Waals surface area contributed by atoms with Crippen LogP contribution in [0, 0.1) is 5.92 Å². The number of halogens is 2. The van der Waals surface area contributed by atoms with Crippen LogP contribution in [0.15, 0.2) is 52.6 Å². The molecule has 39 heavy (non-hydrogen) atoms. The summed E-state index contributed by atoms with van der Waals surface area (Å²) in [6.07, 6.45) is 7.29. The number of ether oxygens (including phenoxy) is 1. The van der Waals surface area contributed by atoms with Gasteiger partial charge in [0, 0.05) is 31.0 Å². The quantitative estimate of drug-likeness (QED) is 0.411. The van der Waals surface area contributed by atoms with Crippen LogP contribution in [0.3, 0.4) is 0 Å². The molecule has 0 saturated carbocycles. The highest BCUT2D eigenvalue weighted by atomic mass is 32.1. The smallest absolute Gasteiger partial charge is 0.388 e. The van der Waals surface area contributed by atoms with Gasteiger partial charge in [-0.3, -0.25) is 10.1 Å². The zero-order valence-corrected chi connectivity index (χ0v) is 22.2. The van der Waals surface area contributed by atoms with Crippen LogP contribution in [-0.2, 0) is 11.2 Å². The van der Waals surface area contributed by atoms with E-state index in [1.165, 1.54) is 23.6 Å². The van der Waals surface area contributed by atoms with E-state index in [1.54, 1.807) is 18.2 Å². The molecule has 2 amide bonds. The molecule has 1 unspecified atom stereocenters. The number of anilines is 2. The Hall–Kier alpha value is -4.13. The zero-order chi connectivity index (χ0) is 27.7. The molecule has 0 aromatic carbocycles. The van der Waals surface area contributed by atoms with Gasteiger partial charge in [-0.1, -0.05) is 36.5 Å². The molecule has 0 saturated heterocycles. The molecular weight excluding hydrogens is 530 g/mol.